The lowest BCUT2D eigenvalue weighted by atomic mass is 9.92. The first-order valence-corrected chi connectivity index (χ1v) is 10.1. The lowest BCUT2D eigenvalue weighted by Crippen LogP contribution is -2.42. The molecule has 0 aliphatic heterocycles. The molecule has 0 N–H and O–H groups in total. The van der Waals surface area contributed by atoms with Crippen LogP contribution in [-0.4, -0.2) is 14.4 Å². The maximum absolute atomic E-state index is 6.75. The van der Waals surface area contributed by atoms with Gasteiger partial charge in [-0.05, 0) is 41.8 Å². The molecule has 0 aromatic heterocycles. The van der Waals surface area contributed by atoms with Crippen molar-refractivity contribution in [1.29, 1.82) is 0 Å². The van der Waals surface area contributed by atoms with Crippen molar-refractivity contribution in [2.24, 2.45) is 23.7 Å². The van der Waals surface area contributed by atoms with Crippen molar-refractivity contribution in [2.45, 2.75) is 72.7 Å². The van der Waals surface area contributed by atoms with E-state index < -0.39 is 8.32 Å². The summed E-state index contributed by atoms with van der Waals surface area (Å²) in [5.74, 6) is 3.09. The summed E-state index contributed by atoms with van der Waals surface area (Å²) < 4.78 is 6.75. The molecule has 0 heterocycles. The lowest BCUT2D eigenvalue weighted by molar-refractivity contribution is 0.108. The van der Waals surface area contributed by atoms with Gasteiger partial charge in [-0.15, -0.1) is 0 Å². The standard InChI is InChI=1S/C15H32OSi/c1-8-17(9-2,10-3)16-15-13(6)11(4)12(5)14(15)7/h11-15H,8-10H2,1-7H3. The average Bonchev–Trinajstić information content (AvgIpc) is 2.53. The summed E-state index contributed by atoms with van der Waals surface area (Å²) in [6.07, 6.45) is 0.520. The minimum atomic E-state index is -1.43. The van der Waals surface area contributed by atoms with E-state index in [-0.39, 0.29) is 0 Å². The molecule has 1 nitrogen and oxygen atoms in total. The summed E-state index contributed by atoms with van der Waals surface area (Å²) in [5.41, 5.74) is 0. The molecule has 1 rings (SSSR count). The Bertz CT molecular complexity index is 215. The molecule has 4 atom stereocenters. The predicted molar refractivity (Wildman–Crippen MR) is 78.7 cm³/mol. The highest BCUT2D eigenvalue weighted by atomic mass is 28.4. The van der Waals surface area contributed by atoms with Gasteiger partial charge in [0.25, 0.3) is 0 Å². The van der Waals surface area contributed by atoms with E-state index in [0.29, 0.717) is 6.10 Å². The zero-order valence-corrected chi connectivity index (χ0v) is 13.9. The van der Waals surface area contributed by atoms with Gasteiger partial charge in [-0.3, -0.25) is 0 Å². The van der Waals surface area contributed by atoms with E-state index in [2.05, 4.69) is 48.5 Å². The van der Waals surface area contributed by atoms with Gasteiger partial charge in [-0.25, -0.2) is 0 Å². The van der Waals surface area contributed by atoms with Crippen molar-refractivity contribution in [3.05, 3.63) is 0 Å². The normalized spacial score (nSPS) is 38.6. The highest BCUT2D eigenvalue weighted by Crippen LogP contribution is 2.44. The summed E-state index contributed by atoms with van der Waals surface area (Å²) in [4.78, 5) is 0. The van der Waals surface area contributed by atoms with Crippen molar-refractivity contribution in [3.63, 3.8) is 0 Å². The van der Waals surface area contributed by atoms with Crippen LogP contribution in [-0.2, 0) is 4.43 Å². The first-order chi connectivity index (χ1) is 7.92. The summed E-state index contributed by atoms with van der Waals surface area (Å²) >= 11 is 0. The van der Waals surface area contributed by atoms with Gasteiger partial charge in [0.2, 0.25) is 0 Å². The van der Waals surface area contributed by atoms with Crippen LogP contribution in [0.15, 0.2) is 0 Å². The minimum absolute atomic E-state index is 0.520. The molecule has 0 saturated heterocycles. The first kappa shape index (κ1) is 15.2. The van der Waals surface area contributed by atoms with Crippen LogP contribution in [0.25, 0.3) is 0 Å². The van der Waals surface area contributed by atoms with Crippen LogP contribution in [0, 0.1) is 23.7 Å². The van der Waals surface area contributed by atoms with E-state index in [0.717, 1.165) is 23.7 Å². The number of hydrogen-bond donors (Lipinski definition) is 0. The van der Waals surface area contributed by atoms with Gasteiger partial charge in [0.05, 0.1) is 6.10 Å². The molecule has 4 unspecified atom stereocenters. The molecule has 0 spiro atoms. The second-order valence-corrected chi connectivity index (χ2v) is 11.0. The van der Waals surface area contributed by atoms with Crippen molar-refractivity contribution in [3.8, 4) is 0 Å². The fourth-order valence-corrected chi connectivity index (χ4v) is 6.54. The monoisotopic (exact) mass is 256 g/mol. The third-order valence-electron chi connectivity index (χ3n) is 5.84. The lowest BCUT2D eigenvalue weighted by Gasteiger charge is -2.35. The molecule has 102 valence electrons. The number of hydrogen-bond acceptors (Lipinski definition) is 1. The molecular weight excluding hydrogens is 224 g/mol. The smallest absolute Gasteiger partial charge is 0.192 e. The van der Waals surface area contributed by atoms with Crippen molar-refractivity contribution in [1.82, 2.24) is 0 Å². The quantitative estimate of drug-likeness (QED) is 0.633. The summed E-state index contributed by atoms with van der Waals surface area (Å²) in [7, 11) is -1.43. The van der Waals surface area contributed by atoms with Gasteiger partial charge in [-0.2, -0.15) is 0 Å². The molecule has 17 heavy (non-hydrogen) atoms. The molecule has 1 aliphatic rings. The van der Waals surface area contributed by atoms with Gasteiger partial charge >= 0.3 is 0 Å². The van der Waals surface area contributed by atoms with E-state index in [1.807, 2.05) is 0 Å². The molecular formula is C15H32OSi. The van der Waals surface area contributed by atoms with E-state index in [9.17, 15) is 0 Å². The fraction of sp³-hybridized carbons (Fsp3) is 1.00. The zero-order valence-electron chi connectivity index (χ0n) is 12.9. The summed E-state index contributed by atoms with van der Waals surface area (Å²) in [6.45, 7) is 16.6. The molecule has 2 heteroatoms. The van der Waals surface area contributed by atoms with Crippen LogP contribution < -0.4 is 0 Å². The zero-order chi connectivity index (χ0) is 13.2. The topological polar surface area (TPSA) is 9.23 Å². The maximum Gasteiger partial charge on any atom is 0.192 e. The molecule has 0 aromatic rings. The van der Waals surface area contributed by atoms with Crippen LogP contribution in [0.1, 0.15) is 48.5 Å². The molecule has 1 fully saturated rings. The molecule has 0 aromatic carbocycles. The van der Waals surface area contributed by atoms with Crippen LogP contribution in [0.4, 0.5) is 0 Å². The van der Waals surface area contributed by atoms with Gasteiger partial charge in [0.1, 0.15) is 0 Å². The highest BCUT2D eigenvalue weighted by Gasteiger charge is 2.45. The SMILES string of the molecule is CC[Si](CC)(CC)OC1C(C)C(C)C(C)C1C. The largest absolute Gasteiger partial charge is 0.413 e. The Labute approximate surface area is 109 Å². The van der Waals surface area contributed by atoms with Crippen molar-refractivity contribution < 1.29 is 4.43 Å². The Kier molecular flexibility index (Phi) is 5.27. The van der Waals surface area contributed by atoms with E-state index in [4.69, 9.17) is 4.43 Å². The van der Waals surface area contributed by atoms with E-state index >= 15 is 0 Å². The first-order valence-electron chi connectivity index (χ1n) is 7.60. The Morgan fingerprint density at radius 2 is 1.06 bits per heavy atom. The molecule has 0 bridgehead atoms. The Hall–Kier alpha value is 0.177. The molecule has 1 saturated carbocycles. The molecule has 0 radical (unpaired) electrons. The average molecular weight is 257 g/mol. The van der Waals surface area contributed by atoms with Gasteiger partial charge < -0.3 is 4.43 Å². The predicted octanol–water partition coefficient (Wildman–Crippen LogP) is 4.93. The Morgan fingerprint density at radius 1 is 0.706 bits per heavy atom. The number of rotatable bonds is 5. The van der Waals surface area contributed by atoms with Crippen LogP contribution in [0.5, 0.6) is 0 Å². The third kappa shape index (κ3) is 2.78. The van der Waals surface area contributed by atoms with E-state index in [1.165, 1.54) is 18.1 Å². The van der Waals surface area contributed by atoms with Gasteiger partial charge in [-0.1, -0.05) is 48.5 Å². The van der Waals surface area contributed by atoms with Crippen molar-refractivity contribution >= 4 is 8.32 Å². The Balaban J connectivity index is 2.80. The van der Waals surface area contributed by atoms with Crippen LogP contribution >= 0.6 is 0 Å². The van der Waals surface area contributed by atoms with Crippen LogP contribution in [0.3, 0.4) is 0 Å². The molecule has 1 aliphatic carbocycles. The fourth-order valence-electron chi connectivity index (χ4n) is 3.54. The second kappa shape index (κ2) is 5.88. The van der Waals surface area contributed by atoms with Crippen LogP contribution in [0.2, 0.25) is 18.1 Å². The Morgan fingerprint density at radius 3 is 1.35 bits per heavy atom. The van der Waals surface area contributed by atoms with Gasteiger partial charge in [0, 0.05) is 0 Å². The summed E-state index contributed by atoms with van der Waals surface area (Å²) in [6, 6.07) is 3.83. The second-order valence-electron chi connectivity index (χ2n) is 6.26. The highest BCUT2D eigenvalue weighted by molar-refractivity contribution is 6.73. The molecule has 0 amide bonds. The maximum atomic E-state index is 6.75. The summed E-state index contributed by atoms with van der Waals surface area (Å²) in [5, 5.41) is 0. The minimum Gasteiger partial charge on any atom is -0.413 e. The van der Waals surface area contributed by atoms with Crippen molar-refractivity contribution in [2.75, 3.05) is 0 Å². The van der Waals surface area contributed by atoms with Gasteiger partial charge in [0.15, 0.2) is 8.32 Å². The van der Waals surface area contributed by atoms with E-state index in [1.54, 1.807) is 0 Å². The third-order valence-corrected chi connectivity index (χ3v) is 10.5.